The summed E-state index contributed by atoms with van der Waals surface area (Å²) in [6.07, 6.45) is 6.69. The Hall–Kier alpha value is -2.30. The van der Waals surface area contributed by atoms with Gasteiger partial charge < -0.3 is 4.74 Å². The first kappa shape index (κ1) is 22.4. The van der Waals surface area contributed by atoms with Crippen LogP contribution in [0, 0.1) is 36.1 Å². The second-order valence-corrected chi connectivity index (χ2v) is 8.13. The third-order valence-electron chi connectivity index (χ3n) is 6.12. The minimum atomic E-state index is -0.935. The highest BCUT2D eigenvalue weighted by molar-refractivity contribution is 5.33. The number of aryl methyl sites for hydroxylation is 2. The molecule has 1 aliphatic carbocycles. The van der Waals surface area contributed by atoms with Crippen LogP contribution in [0.4, 0.5) is 17.6 Å². The first-order valence-electron chi connectivity index (χ1n) is 10.6. The van der Waals surface area contributed by atoms with Gasteiger partial charge in [-0.15, -0.1) is 6.58 Å². The molecule has 0 atom stereocenters. The zero-order chi connectivity index (χ0) is 21.7. The van der Waals surface area contributed by atoms with Gasteiger partial charge in [0.15, 0.2) is 23.2 Å². The van der Waals surface area contributed by atoms with Crippen molar-refractivity contribution in [2.24, 2.45) is 5.92 Å². The molecule has 5 heteroatoms. The smallest absolute Gasteiger partial charge is 0.200 e. The summed E-state index contributed by atoms with van der Waals surface area (Å²) in [5, 5.41) is 0. The number of ether oxygens (including phenoxy) is 1. The Bertz CT molecular complexity index is 885. The minimum absolute atomic E-state index is 0.0356. The molecule has 2 aromatic carbocycles. The van der Waals surface area contributed by atoms with Gasteiger partial charge in [-0.25, -0.2) is 13.2 Å². The first-order chi connectivity index (χ1) is 14.4. The fraction of sp³-hybridized carbons (Fsp3) is 0.440. The summed E-state index contributed by atoms with van der Waals surface area (Å²) >= 11 is 0. The molecule has 0 heterocycles. The van der Waals surface area contributed by atoms with E-state index in [1.54, 1.807) is 31.2 Å². The van der Waals surface area contributed by atoms with E-state index in [0.29, 0.717) is 35.4 Å². The summed E-state index contributed by atoms with van der Waals surface area (Å²) in [4.78, 5) is 0. The third-order valence-corrected chi connectivity index (χ3v) is 6.12. The second-order valence-electron chi connectivity index (χ2n) is 8.13. The van der Waals surface area contributed by atoms with Crippen LogP contribution in [-0.2, 0) is 6.42 Å². The molecule has 0 amide bonds. The lowest BCUT2D eigenvalue weighted by Gasteiger charge is -2.29. The van der Waals surface area contributed by atoms with Crippen molar-refractivity contribution >= 4 is 0 Å². The van der Waals surface area contributed by atoms with Crippen molar-refractivity contribution in [2.75, 3.05) is 6.61 Å². The van der Waals surface area contributed by atoms with Crippen molar-refractivity contribution in [1.82, 2.24) is 0 Å². The van der Waals surface area contributed by atoms with Gasteiger partial charge in [0.2, 0.25) is 5.82 Å². The summed E-state index contributed by atoms with van der Waals surface area (Å²) in [5.74, 6) is -3.02. The van der Waals surface area contributed by atoms with Crippen LogP contribution in [0.1, 0.15) is 61.1 Å². The average molecular weight is 420 g/mol. The molecule has 0 radical (unpaired) electrons. The molecule has 0 saturated heterocycles. The highest BCUT2D eigenvalue weighted by Gasteiger charge is 2.27. The monoisotopic (exact) mass is 420 g/mol. The fourth-order valence-corrected chi connectivity index (χ4v) is 4.23. The first-order valence-corrected chi connectivity index (χ1v) is 10.6. The van der Waals surface area contributed by atoms with E-state index >= 15 is 0 Å². The summed E-state index contributed by atoms with van der Waals surface area (Å²) in [5.41, 5.74) is 1.11. The molecule has 1 fully saturated rings. The lowest BCUT2D eigenvalue weighted by molar-refractivity contribution is 0.291. The highest BCUT2D eigenvalue weighted by Crippen LogP contribution is 2.40. The van der Waals surface area contributed by atoms with E-state index < -0.39 is 23.3 Å². The van der Waals surface area contributed by atoms with Crippen molar-refractivity contribution in [3.63, 3.8) is 0 Å². The van der Waals surface area contributed by atoms with Gasteiger partial charge in [-0.1, -0.05) is 24.3 Å². The van der Waals surface area contributed by atoms with Crippen LogP contribution in [0.25, 0.3) is 0 Å². The molecule has 0 aliphatic heterocycles. The summed E-state index contributed by atoms with van der Waals surface area (Å²) < 4.78 is 62.0. The van der Waals surface area contributed by atoms with Crippen LogP contribution in [0.2, 0.25) is 0 Å². The number of hydrogen-bond acceptors (Lipinski definition) is 1. The number of hydrogen-bond donors (Lipinski definition) is 0. The standard InChI is InChI=1S/C25H28F4O/c1-3-4-15-30-21-14-13-20(24(28)25(21)29)18-10-6-17(7-11-18)8-12-19-9-5-16(2)22(26)23(19)27/h3,5,9,13-14,17-18H,1,4,6-8,10-12,15H2,2H3. The van der Waals surface area contributed by atoms with Crippen molar-refractivity contribution < 1.29 is 22.3 Å². The summed E-state index contributed by atoms with van der Waals surface area (Å²) in [7, 11) is 0. The van der Waals surface area contributed by atoms with Crippen molar-refractivity contribution in [2.45, 2.75) is 57.8 Å². The van der Waals surface area contributed by atoms with Crippen LogP contribution in [0.15, 0.2) is 36.9 Å². The van der Waals surface area contributed by atoms with E-state index in [4.69, 9.17) is 4.74 Å². The molecule has 162 valence electrons. The molecule has 1 nitrogen and oxygen atoms in total. The quantitative estimate of drug-likeness (QED) is 0.245. The maximum Gasteiger partial charge on any atom is 0.200 e. The van der Waals surface area contributed by atoms with Gasteiger partial charge in [0, 0.05) is 0 Å². The molecule has 3 rings (SSSR count). The van der Waals surface area contributed by atoms with E-state index in [1.165, 1.54) is 6.07 Å². The highest BCUT2D eigenvalue weighted by atomic mass is 19.2. The second kappa shape index (κ2) is 10.1. The third kappa shape index (κ3) is 5.05. The zero-order valence-electron chi connectivity index (χ0n) is 17.3. The van der Waals surface area contributed by atoms with Gasteiger partial charge in [0.1, 0.15) is 0 Å². The minimum Gasteiger partial charge on any atom is -0.490 e. The van der Waals surface area contributed by atoms with E-state index in [1.807, 2.05) is 0 Å². The van der Waals surface area contributed by atoms with E-state index in [9.17, 15) is 17.6 Å². The lowest BCUT2D eigenvalue weighted by Crippen LogP contribution is -2.16. The Labute approximate surface area is 175 Å². The predicted molar refractivity (Wildman–Crippen MR) is 111 cm³/mol. The van der Waals surface area contributed by atoms with Crippen LogP contribution in [-0.4, -0.2) is 6.61 Å². The molecular formula is C25H28F4O. The van der Waals surface area contributed by atoms with Crippen LogP contribution in [0.3, 0.4) is 0 Å². The van der Waals surface area contributed by atoms with Crippen LogP contribution >= 0.6 is 0 Å². The molecule has 0 N–H and O–H groups in total. The summed E-state index contributed by atoms with van der Waals surface area (Å²) in [6, 6.07) is 6.37. The van der Waals surface area contributed by atoms with Gasteiger partial charge in [0.25, 0.3) is 0 Å². The van der Waals surface area contributed by atoms with Gasteiger partial charge in [0.05, 0.1) is 6.61 Å². The van der Waals surface area contributed by atoms with Crippen LogP contribution < -0.4 is 4.74 Å². The molecule has 30 heavy (non-hydrogen) atoms. The normalized spacial score (nSPS) is 19.0. The Morgan fingerprint density at radius 1 is 0.933 bits per heavy atom. The number of halogens is 4. The molecular weight excluding hydrogens is 392 g/mol. The fourth-order valence-electron chi connectivity index (χ4n) is 4.23. The maximum atomic E-state index is 14.6. The Balaban J connectivity index is 1.56. The number of rotatable bonds is 8. The van der Waals surface area contributed by atoms with E-state index in [-0.39, 0.29) is 18.3 Å². The maximum absolute atomic E-state index is 14.6. The molecule has 1 saturated carbocycles. The van der Waals surface area contributed by atoms with Crippen LogP contribution in [0.5, 0.6) is 5.75 Å². The molecule has 0 unspecified atom stereocenters. The molecule has 1 aliphatic rings. The molecule has 0 aromatic heterocycles. The van der Waals surface area contributed by atoms with Gasteiger partial charge >= 0.3 is 0 Å². The number of benzene rings is 2. The van der Waals surface area contributed by atoms with Gasteiger partial charge in [-0.05, 0) is 86.5 Å². The largest absolute Gasteiger partial charge is 0.490 e. The van der Waals surface area contributed by atoms with E-state index in [2.05, 4.69) is 6.58 Å². The molecule has 2 aromatic rings. The molecule has 0 bridgehead atoms. The van der Waals surface area contributed by atoms with E-state index in [0.717, 1.165) is 32.1 Å². The Kier molecular flexibility index (Phi) is 7.57. The average Bonchev–Trinajstić information content (AvgIpc) is 2.75. The van der Waals surface area contributed by atoms with Gasteiger partial charge in [-0.3, -0.25) is 0 Å². The van der Waals surface area contributed by atoms with Crippen molar-refractivity contribution in [3.8, 4) is 5.75 Å². The van der Waals surface area contributed by atoms with Crippen molar-refractivity contribution in [3.05, 3.63) is 76.9 Å². The van der Waals surface area contributed by atoms with Gasteiger partial charge in [-0.2, -0.15) is 4.39 Å². The molecule has 0 spiro atoms. The summed E-state index contributed by atoms with van der Waals surface area (Å²) in [6.45, 7) is 5.38. The predicted octanol–water partition coefficient (Wildman–Crippen LogP) is 7.41. The zero-order valence-corrected chi connectivity index (χ0v) is 17.3. The topological polar surface area (TPSA) is 9.23 Å². The Morgan fingerprint density at radius 3 is 2.37 bits per heavy atom. The SMILES string of the molecule is C=CCCOc1ccc(C2CCC(CCc3ccc(C)c(F)c3F)CC2)c(F)c1F. The van der Waals surface area contributed by atoms with Crippen molar-refractivity contribution in [1.29, 1.82) is 0 Å². The lowest BCUT2D eigenvalue weighted by atomic mass is 9.76. The Morgan fingerprint density at radius 2 is 1.67 bits per heavy atom.